The molecule has 0 amide bonds. The lowest BCUT2D eigenvalue weighted by Gasteiger charge is -2.38. The minimum Gasteiger partial charge on any atom is -0.502 e. The van der Waals surface area contributed by atoms with Gasteiger partial charge in [0, 0.05) is 18.0 Å². The maximum Gasteiger partial charge on any atom is 0.217 e. The maximum absolute atomic E-state index is 5.44. The summed E-state index contributed by atoms with van der Waals surface area (Å²) in [6.45, 7) is 5.35. The molecule has 2 atom stereocenters. The number of rotatable bonds is 5. The average molecular weight is 281 g/mol. The van der Waals surface area contributed by atoms with Crippen LogP contribution in [-0.2, 0) is 9.57 Å². The van der Waals surface area contributed by atoms with Gasteiger partial charge in [0.2, 0.25) is 5.90 Å². The van der Waals surface area contributed by atoms with Crippen LogP contribution in [0.4, 0.5) is 0 Å². The molecular formula is C15H27N3O2. The predicted molar refractivity (Wildman–Crippen MR) is 80.0 cm³/mol. The van der Waals surface area contributed by atoms with Gasteiger partial charge >= 0.3 is 0 Å². The summed E-state index contributed by atoms with van der Waals surface area (Å²) in [7, 11) is 1.62. The summed E-state index contributed by atoms with van der Waals surface area (Å²) in [5, 5.41) is 0. The molecule has 20 heavy (non-hydrogen) atoms. The SMILES string of the molecule is CCCN1C2CCC1CC(C(=N/C(C)=C/OC)ON)C2. The molecule has 2 fully saturated rings. The molecular weight excluding hydrogens is 254 g/mol. The Morgan fingerprint density at radius 2 is 2.00 bits per heavy atom. The fourth-order valence-electron chi connectivity index (χ4n) is 3.68. The zero-order valence-corrected chi connectivity index (χ0v) is 12.8. The molecule has 2 aliphatic heterocycles. The minimum atomic E-state index is 0.339. The first-order valence-corrected chi connectivity index (χ1v) is 7.60. The van der Waals surface area contributed by atoms with Gasteiger partial charge in [0.1, 0.15) is 6.26 Å². The van der Waals surface area contributed by atoms with Crippen molar-refractivity contribution in [3.63, 3.8) is 0 Å². The van der Waals surface area contributed by atoms with Crippen molar-refractivity contribution in [3.8, 4) is 0 Å². The van der Waals surface area contributed by atoms with E-state index in [1.165, 1.54) is 25.8 Å². The van der Waals surface area contributed by atoms with E-state index >= 15 is 0 Å². The van der Waals surface area contributed by atoms with E-state index in [2.05, 4.69) is 16.8 Å². The maximum atomic E-state index is 5.44. The molecule has 2 unspecified atom stereocenters. The van der Waals surface area contributed by atoms with Crippen LogP contribution in [0.15, 0.2) is 17.0 Å². The highest BCUT2D eigenvalue weighted by Gasteiger charge is 2.42. The molecule has 5 heteroatoms. The second-order valence-corrected chi connectivity index (χ2v) is 5.85. The second-order valence-electron chi connectivity index (χ2n) is 5.85. The van der Waals surface area contributed by atoms with E-state index in [9.17, 15) is 0 Å². The van der Waals surface area contributed by atoms with Gasteiger partial charge in [-0.05, 0) is 45.6 Å². The smallest absolute Gasteiger partial charge is 0.217 e. The molecule has 2 rings (SSSR count). The molecule has 2 bridgehead atoms. The lowest BCUT2D eigenvalue weighted by Crippen LogP contribution is -2.45. The van der Waals surface area contributed by atoms with Crippen LogP contribution in [0.1, 0.15) is 46.0 Å². The standard InChI is InChI=1S/C15H27N3O2/c1-4-7-18-13-5-6-14(18)9-12(8-13)15(20-16)17-11(2)10-19-3/h10,12-14H,4-9,16H2,1-3H3/b11-10+,17-15?. The fourth-order valence-corrected chi connectivity index (χ4v) is 3.68. The Bertz CT molecular complexity index is 367. The van der Waals surface area contributed by atoms with E-state index < -0.39 is 0 Å². The third kappa shape index (κ3) is 3.33. The number of nitrogens with zero attached hydrogens (tertiary/aromatic N) is 2. The molecule has 2 aliphatic rings. The number of fused-ring (bicyclic) bond motifs is 2. The molecule has 2 heterocycles. The highest BCUT2D eigenvalue weighted by molar-refractivity contribution is 5.79. The molecule has 2 N–H and O–H groups in total. The van der Waals surface area contributed by atoms with Crippen molar-refractivity contribution >= 4 is 5.90 Å². The van der Waals surface area contributed by atoms with Gasteiger partial charge in [0.05, 0.1) is 12.8 Å². The van der Waals surface area contributed by atoms with Crippen LogP contribution in [0.25, 0.3) is 0 Å². The van der Waals surface area contributed by atoms with Gasteiger partial charge in [-0.3, -0.25) is 4.90 Å². The number of allylic oxidation sites excluding steroid dienone is 1. The van der Waals surface area contributed by atoms with E-state index in [0.717, 1.165) is 18.5 Å². The molecule has 114 valence electrons. The van der Waals surface area contributed by atoms with Gasteiger partial charge in [0.15, 0.2) is 0 Å². The predicted octanol–water partition coefficient (Wildman–Crippen LogP) is 2.44. The summed E-state index contributed by atoms with van der Waals surface area (Å²) in [6.07, 6.45) is 7.64. The Balaban J connectivity index is 2.06. The van der Waals surface area contributed by atoms with Crippen molar-refractivity contribution in [3.05, 3.63) is 12.0 Å². The molecule has 0 aliphatic carbocycles. The van der Waals surface area contributed by atoms with Gasteiger partial charge < -0.3 is 9.57 Å². The zero-order chi connectivity index (χ0) is 14.5. The summed E-state index contributed by atoms with van der Waals surface area (Å²) >= 11 is 0. The third-order valence-corrected chi connectivity index (χ3v) is 4.41. The van der Waals surface area contributed by atoms with Gasteiger partial charge in [-0.25, -0.2) is 4.99 Å². The fraction of sp³-hybridized carbons (Fsp3) is 0.800. The van der Waals surface area contributed by atoms with Crippen molar-refractivity contribution in [2.75, 3.05) is 13.7 Å². The van der Waals surface area contributed by atoms with Crippen LogP contribution in [-0.4, -0.2) is 36.5 Å². The van der Waals surface area contributed by atoms with Crippen molar-refractivity contribution < 1.29 is 9.57 Å². The Morgan fingerprint density at radius 1 is 1.35 bits per heavy atom. The molecule has 0 aromatic carbocycles. The quantitative estimate of drug-likeness (QED) is 0.364. The number of aliphatic imine (C=N–C) groups is 1. The summed E-state index contributed by atoms with van der Waals surface area (Å²) in [5.41, 5.74) is 0.788. The molecule has 5 nitrogen and oxygen atoms in total. The Hall–Kier alpha value is -1.07. The summed E-state index contributed by atoms with van der Waals surface area (Å²) in [5.74, 6) is 6.44. The Labute approximate surface area is 121 Å². The van der Waals surface area contributed by atoms with Crippen molar-refractivity contribution in [1.82, 2.24) is 4.90 Å². The van der Waals surface area contributed by atoms with E-state index in [1.54, 1.807) is 13.4 Å². The summed E-state index contributed by atoms with van der Waals surface area (Å²) in [4.78, 5) is 12.2. The number of piperidine rings is 1. The molecule has 0 aromatic heterocycles. The molecule has 0 radical (unpaired) electrons. The highest BCUT2D eigenvalue weighted by atomic mass is 16.6. The van der Waals surface area contributed by atoms with Gasteiger partial charge in [-0.2, -0.15) is 5.90 Å². The first-order valence-electron chi connectivity index (χ1n) is 7.60. The second kappa shape index (κ2) is 7.09. The van der Waals surface area contributed by atoms with Crippen molar-refractivity contribution in [1.29, 1.82) is 0 Å². The summed E-state index contributed by atoms with van der Waals surface area (Å²) < 4.78 is 4.97. The van der Waals surface area contributed by atoms with E-state index in [0.29, 0.717) is 23.9 Å². The Morgan fingerprint density at radius 3 is 2.50 bits per heavy atom. The first-order chi connectivity index (χ1) is 9.69. The molecule has 2 saturated heterocycles. The average Bonchev–Trinajstić information content (AvgIpc) is 2.68. The van der Waals surface area contributed by atoms with E-state index in [4.69, 9.17) is 15.5 Å². The van der Waals surface area contributed by atoms with E-state index in [1.807, 2.05) is 6.92 Å². The number of ether oxygens (including phenoxy) is 1. The Kier molecular flexibility index (Phi) is 5.43. The number of hydrogen-bond donors (Lipinski definition) is 1. The minimum absolute atomic E-state index is 0.339. The largest absolute Gasteiger partial charge is 0.502 e. The molecule has 0 spiro atoms. The molecule has 0 saturated carbocycles. The molecule has 0 aromatic rings. The van der Waals surface area contributed by atoms with Gasteiger partial charge in [-0.15, -0.1) is 0 Å². The van der Waals surface area contributed by atoms with Crippen LogP contribution < -0.4 is 5.90 Å². The summed E-state index contributed by atoms with van der Waals surface area (Å²) in [6, 6.07) is 1.34. The van der Waals surface area contributed by atoms with Gasteiger partial charge in [0.25, 0.3) is 0 Å². The number of nitrogens with two attached hydrogens (primary N) is 1. The monoisotopic (exact) mass is 281 g/mol. The third-order valence-electron chi connectivity index (χ3n) is 4.41. The lowest BCUT2D eigenvalue weighted by molar-refractivity contribution is 0.114. The van der Waals surface area contributed by atoms with Crippen LogP contribution >= 0.6 is 0 Å². The normalized spacial score (nSPS) is 31.5. The number of hydrogen-bond acceptors (Lipinski definition) is 5. The van der Waals surface area contributed by atoms with Crippen molar-refractivity contribution in [2.24, 2.45) is 16.8 Å². The zero-order valence-electron chi connectivity index (χ0n) is 12.8. The van der Waals surface area contributed by atoms with Crippen molar-refractivity contribution in [2.45, 2.75) is 58.0 Å². The topological polar surface area (TPSA) is 60.1 Å². The lowest BCUT2D eigenvalue weighted by atomic mass is 9.90. The van der Waals surface area contributed by atoms with Crippen LogP contribution in [0, 0.1) is 5.92 Å². The van der Waals surface area contributed by atoms with E-state index in [-0.39, 0.29) is 0 Å². The first kappa shape index (κ1) is 15.3. The number of methoxy groups -OCH3 is 1. The van der Waals surface area contributed by atoms with Crippen LogP contribution in [0.5, 0.6) is 0 Å². The van der Waals surface area contributed by atoms with Crippen LogP contribution in [0.2, 0.25) is 0 Å². The van der Waals surface area contributed by atoms with Crippen LogP contribution in [0.3, 0.4) is 0 Å². The highest BCUT2D eigenvalue weighted by Crippen LogP contribution is 2.39. The van der Waals surface area contributed by atoms with Gasteiger partial charge in [-0.1, -0.05) is 6.92 Å².